The summed E-state index contributed by atoms with van der Waals surface area (Å²) in [6.45, 7) is 6.58. The molecule has 0 saturated heterocycles. The summed E-state index contributed by atoms with van der Waals surface area (Å²) < 4.78 is 5.77. The highest BCUT2D eigenvalue weighted by Crippen LogP contribution is 2.28. The first kappa shape index (κ1) is 17.2. The van der Waals surface area contributed by atoms with Crippen molar-refractivity contribution in [1.29, 1.82) is 0 Å². The average Bonchev–Trinajstić information content (AvgIpc) is 2.99. The summed E-state index contributed by atoms with van der Waals surface area (Å²) in [5, 5.41) is 3.78. The van der Waals surface area contributed by atoms with E-state index in [4.69, 9.17) is 4.74 Å². The van der Waals surface area contributed by atoms with E-state index in [9.17, 15) is 4.79 Å². The lowest BCUT2D eigenvalue weighted by Crippen LogP contribution is -2.37. The fourth-order valence-corrected chi connectivity index (χ4v) is 3.99. The maximum atomic E-state index is 12.1. The predicted molar refractivity (Wildman–Crippen MR) is 93.7 cm³/mol. The van der Waals surface area contributed by atoms with Crippen LogP contribution >= 0.6 is 11.8 Å². The maximum absolute atomic E-state index is 12.1. The van der Waals surface area contributed by atoms with Crippen molar-refractivity contribution in [2.45, 2.75) is 57.8 Å². The number of hydrogen-bond acceptors (Lipinski definition) is 3. The molecule has 1 aromatic rings. The molecular formula is C18H27NO2S. The second-order valence-electron chi connectivity index (χ2n) is 6.10. The summed E-state index contributed by atoms with van der Waals surface area (Å²) in [5.74, 6) is 1.74. The number of ether oxygens (including phenoxy) is 1. The third kappa shape index (κ3) is 5.24. The Kier molecular flexibility index (Phi) is 6.62. The first-order valence-electron chi connectivity index (χ1n) is 8.19. The molecule has 1 saturated carbocycles. The standard InChI is InChI=1S/C18H27NO2S/c1-13-8-9-17(14(2)12-13)21-15(3)18(20)19-10-11-22-16-6-4-5-7-16/h8-9,12,15-16H,4-7,10-11H2,1-3H3,(H,19,20). The van der Waals surface area contributed by atoms with E-state index < -0.39 is 6.10 Å². The lowest BCUT2D eigenvalue weighted by atomic mass is 10.1. The van der Waals surface area contributed by atoms with Crippen LogP contribution in [0.25, 0.3) is 0 Å². The Morgan fingerprint density at radius 3 is 2.77 bits per heavy atom. The minimum atomic E-state index is -0.460. The van der Waals surface area contributed by atoms with E-state index in [2.05, 4.69) is 18.3 Å². The van der Waals surface area contributed by atoms with Crippen LogP contribution in [0.1, 0.15) is 43.7 Å². The van der Waals surface area contributed by atoms with Gasteiger partial charge in [-0.3, -0.25) is 4.79 Å². The third-order valence-corrected chi connectivity index (χ3v) is 5.44. The smallest absolute Gasteiger partial charge is 0.260 e. The molecule has 22 heavy (non-hydrogen) atoms. The second-order valence-corrected chi connectivity index (χ2v) is 7.51. The van der Waals surface area contributed by atoms with Crippen LogP contribution in [0.2, 0.25) is 0 Å². The highest BCUT2D eigenvalue weighted by Gasteiger charge is 2.17. The topological polar surface area (TPSA) is 38.3 Å². The second kappa shape index (κ2) is 8.47. The molecule has 2 rings (SSSR count). The van der Waals surface area contributed by atoms with Gasteiger partial charge in [0.25, 0.3) is 5.91 Å². The molecule has 0 aromatic heterocycles. The fraction of sp³-hybridized carbons (Fsp3) is 0.611. The Labute approximate surface area is 138 Å². The minimum absolute atomic E-state index is 0.0352. The molecule has 0 heterocycles. The van der Waals surface area contributed by atoms with Crippen molar-refractivity contribution in [3.05, 3.63) is 29.3 Å². The number of carbonyl (C=O) groups is 1. The molecule has 0 bridgehead atoms. The van der Waals surface area contributed by atoms with Crippen molar-refractivity contribution in [3.63, 3.8) is 0 Å². The number of hydrogen-bond donors (Lipinski definition) is 1. The number of aryl methyl sites for hydroxylation is 2. The summed E-state index contributed by atoms with van der Waals surface area (Å²) in [4.78, 5) is 12.1. The van der Waals surface area contributed by atoms with Gasteiger partial charge in [-0.2, -0.15) is 11.8 Å². The van der Waals surface area contributed by atoms with Gasteiger partial charge in [-0.25, -0.2) is 0 Å². The van der Waals surface area contributed by atoms with Gasteiger partial charge in [0.05, 0.1) is 0 Å². The zero-order valence-corrected chi connectivity index (χ0v) is 14.7. The van der Waals surface area contributed by atoms with Gasteiger partial charge >= 0.3 is 0 Å². The molecule has 4 heteroatoms. The van der Waals surface area contributed by atoms with Crippen LogP contribution in [-0.2, 0) is 4.79 Å². The molecule has 1 unspecified atom stereocenters. The van der Waals surface area contributed by atoms with E-state index in [0.29, 0.717) is 0 Å². The normalized spacial score (nSPS) is 16.5. The lowest BCUT2D eigenvalue weighted by molar-refractivity contribution is -0.127. The first-order chi connectivity index (χ1) is 10.6. The molecule has 3 nitrogen and oxygen atoms in total. The Balaban J connectivity index is 1.69. The van der Waals surface area contributed by atoms with E-state index in [0.717, 1.165) is 28.9 Å². The molecule has 0 radical (unpaired) electrons. The van der Waals surface area contributed by atoms with Crippen molar-refractivity contribution in [1.82, 2.24) is 5.32 Å². The van der Waals surface area contributed by atoms with Gasteiger partial charge in [-0.05, 0) is 45.2 Å². The van der Waals surface area contributed by atoms with Crippen molar-refractivity contribution in [2.24, 2.45) is 0 Å². The van der Waals surface area contributed by atoms with E-state index in [1.807, 2.05) is 30.8 Å². The van der Waals surface area contributed by atoms with Crippen molar-refractivity contribution in [3.8, 4) is 5.75 Å². The quantitative estimate of drug-likeness (QED) is 0.775. The van der Waals surface area contributed by atoms with Crippen LogP contribution < -0.4 is 10.1 Å². The lowest BCUT2D eigenvalue weighted by Gasteiger charge is -2.17. The van der Waals surface area contributed by atoms with Gasteiger partial charge in [-0.1, -0.05) is 30.5 Å². The minimum Gasteiger partial charge on any atom is -0.481 e. The van der Waals surface area contributed by atoms with Gasteiger partial charge in [0.1, 0.15) is 5.75 Å². The Morgan fingerprint density at radius 1 is 1.36 bits per heavy atom. The van der Waals surface area contributed by atoms with E-state index in [1.54, 1.807) is 6.92 Å². The first-order valence-corrected chi connectivity index (χ1v) is 9.24. The Bertz CT molecular complexity index is 498. The molecule has 1 fully saturated rings. The summed E-state index contributed by atoms with van der Waals surface area (Å²) >= 11 is 1.99. The van der Waals surface area contributed by atoms with Gasteiger partial charge < -0.3 is 10.1 Å². The van der Waals surface area contributed by atoms with E-state index in [-0.39, 0.29) is 5.91 Å². The molecule has 1 atom stereocenters. The molecule has 1 amide bonds. The van der Waals surface area contributed by atoms with Crippen LogP contribution in [0.15, 0.2) is 18.2 Å². The summed E-state index contributed by atoms with van der Waals surface area (Å²) in [5.41, 5.74) is 2.27. The molecule has 0 aliphatic heterocycles. The van der Waals surface area contributed by atoms with Gasteiger partial charge in [0.2, 0.25) is 0 Å². The predicted octanol–water partition coefficient (Wildman–Crippen LogP) is 3.86. The molecule has 122 valence electrons. The summed E-state index contributed by atoms with van der Waals surface area (Å²) in [7, 11) is 0. The zero-order valence-electron chi connectivity index (χ0n) is 13.9. The van der Waals surface area contributed by atoms with E-state index >= 15 is 0 Å². The number of amides is 1. The van der Waals surface area contributed by atoms with Crippen molar-refractivity contribution < 1.29 is 9.53 Å². The number of thioether (sulfide) groups is 1. The maximum Gasteiger partial charge on any atom is 0.260 e. The molecule has 1 aliphatic carbocycles. The number of nitrogens with one attached hydrogen (secondary N) is 1. The third-order valence-electron chi connectivity index (χ3n) is 4.06. The van der Waals surface area contributed by atoms with Crippen LogP contribution in [0, 0.1) is 13.8 Å². The van der Waals surface area contributed by atoms with Crippen molar-refractivity contribution in [2.75, 3.05) is 12.3 Å². The Morgan fingerprint density at radius 2 is 2.09 bits per heavy atom. The van der Waals surface area contributed by atoms with Crippen LogP contribution in [-0.4, -0.2) is 29.6 Å². The van der Waals surface area contributed by atoms with E-state index in [1.165, 1.54) is 31.2 Å². The summed E-state index contributed by atoms with van der Waals surface area (Å²) in [6, 6.07) is 6.01. The highest BCUT2D eigenvalue weighted by atomic mass is 32.2. The fourth-order valence-electron chi connectivity index (χ4n) is 2.77. The van der Waals surface area contributed by atoms with Crippen LogP contribution in [0.3, 0.4) is 0 Å². The molecule has 0 spiro atoms. The molecule has 1 aliphatic rings. The SMILES string of the molecule is Cc1ccc(OC(C)C(=O)NCCSC2CCCC2)c(C)c1. The van der Waals surface area contributed by atoms with Gasteiger partial charge in [0, 0.05) is 17.5 Å². The molecule has 1 N–H and O–H groups in total. The largest absolute Gasteiger partial charge is 0.481 e. The number of carbonyl (C=O) groups excluding carboxylic acids is 1. The van der Waals surface area contributed by atoms with Crippen LogP contribution in [0.4, 0.5) is 0 Å². The number of benzene rings is 1. The highest BCUT2D eigenvalue weighted by molar-refractivity contribution is 7.99. The van der Waals surface area contributed by atoms with Gasteiger partial charge in [0.15, 0.2) is 6.10 Å². The molecule has 1 aromatic carbocycles. The monoisotopic (exact) mass is 321 g/mol. The average molecular weight is 321 g/mol. The van der Waals surface area contributed by atoms with Gasteiger partial charge in [-0.15, -0.1) is 0 Å². The van der Waals surface area contributed by atoms with Crippen LogP contribution in [0.5, 0.6) is 5.75 Å². The summed E-state index contributed by atoms with van der Waals surface area (Å²) in [6.07, 6.45) is 4.95. The Hall–Kier alpha value is -1.16. The zero-order chi connectivity index (χ0) is 15.9. The molecular weight excluding hydrogens is 294 g/mol. The van der Waals surface area contributed by atoms with Crippen molar-refractivity contribution >= 4 is 17.7 Å². The number of rotatable bonds is 7.